The fourth-order valence-corrected chi connectivity index (χ4v) is 7.05. The molecule has 0 unspecified atom stereocenters. The van der Waals surface area contributed by atoms with Gasteiger partial charge in [0.2, 0.25) is 0 Å². The molecule has 29 heavy (non-hydrogen) atoms. The van der Waals surface area contributed by atoms with Gasteiger partial charge in [0.05, 0.1) is 0 Å². The second kappa shape index (κ2) is 9.23. The van der Waals surface area contributed by atoms with Crippen LogP contribution in [0.5, 0.6) is 0 Å². The van der Waals surface area contributed by atoms with Crippen molar-refractivity contribution in [1.82, 2.24) is 0 Å². The van der Waals surface area contributed by atoms with Gasteiger partial charge in [0.25, 0.3) is 10.1 Å². The zero-order chi connectivity index (χ0) is 20.3. The molecule has 0 heterocycles. The van der Waals surface area contributed by atoms with Crippen LogP contribution >= 0.6 is 11.8 Å². The van der Waals surface area contributed by atoms with Crippen LogP contribution in [-0.2, 0) is 10.1 Å². The maximum atomic E-state index is 12.6. The molecule has 4 rings (SSSR count). The summed E-state index contributed by atoms with van der Waals surface area (Å²) < 4.78 is 35.4. The summed E-state index contributed by atoms with van der Waals surface area (Å²) >= 11 is 1.69. The summed E-state index contributed by atoms with van der Waals surface area (Å²) in [5, 5.41) is 0. The Balaban J connectivity index is 1.84. The minimum atomic E-state index is -4.26. The van der Waals surface area contributed by atoms with E-state index in [9.17, 15) is 13.0 Å². The molecule has 2 saturated carbocycles. The smallest absolute Gasteiger partial charge is 0.282 e. The van der Waals surface area contributed by atoms with Crippen LogP contribution in [0.15, 0.2) is 57.2 Å². The van der Waals surface area contributed by atoms with Crippen LogP contribution in [-0.4, -0.2) is 13.0 Å². The Hall–Kier alpha value is -1.30. The molecule has 0 spiro atoms. The molecule has 156 valence electrons. The molecular weight excluding hydrogens is 400 g/mol. The second-order valence-electron chi connectivity index (χ2n) is 8.49. The normalized spacial score (nSPS) is 19.3. The van der Waals surface area contributed by atoms with E-state index in [0.717, 1.165) is 72.3 Å². The maximum absolute atomic E-state index is 12.6. The summed E-state index contributed by atoms with van der Waals surface area (Å²) in [7, 11) is -4.26. The van der Waals surface area contributed by atoms with Crippen LogP contribution in [0, 0.1) is 0 Å². The summed E-state index contributed by atoms with van der Waals surface area (Å²) in [4.78, 5) is 2.47. The first-order valence-electron chi connectivity index (χ1n) is 10.9. The summed E-state index contributed by atoms with van der Waals surface area (Å²) in [5.74, 6) is 0.443. The largest absolute Gasteiger partial charge is 0.295 e. The maximum Gasteiger partial charge on any atom is 0.295 e. The van der Waals surface area contributed by atoms with Gasteiger partial charge in [-0.1, -0.05) is 68.5 Å². The summed E-state index contributed by atoms with van der Waals surface area (Å²) in [6.07, 6.45) is 11.0. The fraction of sp³-hybridized carbons (Fsp3) is 0.500. The Morgan fingerprint density at radius 2 is 1.21 bits per heavy atom. The Morgan fingerprint density at radius 3 is 1.66 bits per heavy atom. The quantitative estimate of drug-likeness (QED) is 0.510. The zero-order valence-electron chi connectivity index (χ0n) is 16.8. The van der Waals surface area contributed by atoms with Gasteiger partial charge in [0.1, 0.15) is 4.90 Å². The Morgan fingerprint density at radius 1 is 0.724 bits per heavy atom. The van der Waals surface area contributed by atoms with E-state index < -0.39 is 10.1 Å². The summed E-state index contributed by atoms with van der Waals surface area (Å²) in [6.45, 7) is 0. The van der Waals surface area contributed by atoms with Crippen molar-refractivity contribution in [1.29, 1.82) is 0 Å². The molecule has 2 aliphatic carbocycles. The summed E-state index contributed by atoms with van der Waals surface area (Å²) in [5.41, 5.74) is 1.71. The van der Waals surface area contributed by atoms with Crippen LogP contribution < -0.4 is 0 Å². The molecule has 0 atom stereocenters. The molecule has 2 fully saturated rings. The van der Waals surface area contributed by atoms with Gasteiger partial charge >= 0.3 is 0 Å². The van der Waals surface area contributed by atoms with Crippen molar-refractivity contribution < 1.29 is 13.0 Å². The van der Waals surface area contributed by atoms with Crippen molar-refractivity contribution in [2.24, 2.45) is 0 Å². The Labute approximate surface area is 179 Å². The van der Waals surface area contributed by atoms with Crippen molar-refractivity contribution in [2.75, 3.05) is 0 Å². The minimum absolute atomic E-state index is 0.222. The van der Waals surface area contributed by atoms with Gasteiger partial charge < -0.3 is 0 Å². The van der Waals surface area contributed by atoms with Crippen molar-refractivity contribution >= 4 is 21.9 Å². The van der Waals surface area contributed by atoms with E-state index in [0.29, 0.717) is 0 Å². The van der Waals surface area contributed by atoms with Crippen LogP contribution in [0.1, 0.15) is 87.2 Å². The van der Waals surface area contributed by atoms with Crippen molar-refractivity contribution in [3.8, 4) is 0 Å². The number of rotatable bonds is 5. The van der Waals surface area contributed by atoms with E-state index >= 15 is 0 Å². The van der Waals surface area contributed by atoms with Gasteiger partial charge in [-0.2, -0.15) is 8.42 Å². The van der Waals surface area contributed by atoms with Crippen molar-refractivity contribution in [2.45, 2.75) is 90.7 Å². The third-order valence-electron chi connectivity index (χ3n) is 6.45. The topological polar surface area (TPSA) is 54.4 Å². The SMILES string of the molecule is O=S(=O)(O)c1c(C2CCCCC2)cc(Sc2ccccc2)cc1C1CCCCC1. The Kier molecular flexibility index (Phi) is 6.67. The van der Waals surface area contributed by atoms with Gasteiger partial charge in [-0.25, -0.2) is 0 Å². The predicted molar refractivity (Wildman–Crippen MR) is 118 cm³/mol. The van der Waals surface area contributed by atoms with E-state index in [-0.39, 0.29) is 16.7 Å². The predicted octanol–water partition coefficient (Wildman–Crippen LogP) is 7.18. The number of hydrogen-bond acceptors (Lipinski definition) is 3. The molecule has 0 aromatic heterocycles. The van der Waals surface area contributed by atoms with Gasteiger partial charge in [0, 0.05) is 9.79 Å². The van der Waals surface area contributed by atoms with Crippen LogP contribution in [0.4, 0.5) is 0 Å². The van der Waals surface area contributed by atoms with Crippen LogP contribution in [0.3, 0.4) is 0 Å². The van der Waals surface area contributed by atoms with Gasteiger partial charge in [0.15, 0.2) is 0 Å². The molecule has 2 aliphatic rings. The fourth-order valence-electron chi connectivity index (χ4n) is 5.06. The average Bonchev–Trinajstić information content (AvgIpc) is 2.74. The lowest BCUT2D eigenvalue weighted by Crippen LogP contribution is -2.16. The molecule has 5 heteroatoms. The van der Waals surface area contributed by atoms with E-state index in [4.69, 9.17) is 0 Å². The highest BCUT2D eigenvalue weighted by Gasteiger charge is 2.31. The highest BCUT2D eigenvalue weighted by Crippen LogP contribution is 2.45. The Bertz CT molecular complexity index is 887. The number of benzene rings is 2. The molecular formula is C24H30O3S2. The lowest BCUT2D eigenvalue weighted by atomic mass is 9.80. The number of hydrogen-bond donors (Lipinski definition) is 1. The van der Waals surface area contributed by atoms with E-state index in [1.807, 2.05) is 30.3 Å². The van der Waals surface area contributed by atoms with E-state index in [1.54, 1.807) is 11.8 Å². The monoisotopic (exact) mass is 430 g/mol. The van der Waals surface area contributed by atoms with Gasteiger partial charge in [-0.3, -0.25) is 4.55 Å². The molecule has 0 radical (unpaired) electrons. The first-order chi connectivity index (χ1) is 14.0. The third kappa shape index (κ3) is 5.07. The highest BCUT2D eigenvalue weighted by molar-refractivity contribution is 7.99. The molecule has 0 saturated heterocycles. The lowest BCUT2D eigenvalue weighted by Gasteiger charge is -2.29. The molecule has 2 aromatic rings. The lowest BCUT2D eigenvalue weighted by molar-refractivity contribution is 0.418. The highest BCUT2D eigenvalue weighted by atomic mass is 32.2. The van der Waals surface area contributed by atoms with E-state index in [1.165, 1.54) is 12.8 Å². The minimum Gasteiger partial charge on any atom is -0.282 e. The van der Waals surface area contributed by atoms with Crippen molar-refractivity contribution in [3.05, 3.63) is 53.6 Å². The standard InChI is InChI=1S/C24H30O3S2/c25-29(26,27)24-22(18-10-4-1-5-11-18)16-21(28-20-14-8-3-9-15-20)17-23(24)19-12-6-2-7-13-19/h3,8-9,14-19H,1-2,4-7,10-13H2,(H,25,26,27). The van der Waals surface area contributed by atoms with Crippen molar-refractivity contribution in [3.63, 3.8) is 0 Å². The third-order valence-corrected chi connectivity index (χ3v) is 8.41. The first kappa shape index (κ1) is 21.0. The molecule has 2 aromatic carbocycles. The molecule has 0 bridgehead atoms. The summed E-state index contributed by atoms with van der Waals surface area (Å²) in [6, 6.07) is 14.3. The van der Waals surface area contributed by atoms with Gasteiger partial charge in [-0.15, -0.1) is 0 Å². The van der Waals surface area contributed by atoms with Crippen LogP contribution in [0.2, 0.25) is 0 Å². The second-order valence-corrected chi connectivity index (χ2v) is 11.0. The molecule has 0 amide bonds. The molecule has 1 N–H and O–H groups in total. The molecule has 3 nitrogen and oxygen atoms in total. The average molecular weight is 431 g/mol. The van der Waals surface area contributed by atoms with E-state index in [2.05, 4.69) is 12.1 Å². The molecule has 0 aliphatic heterocycles. The zero-order valence-corrected chi connectivity index (χ0v) is 18.5. The van der Waals surface area contributed by atoms with Crippen LogP contribution in [0.25, 0.3) is 0 Å². The first-order valence-corrected chi connectivity index (χ1v) is 13.2. The van der Waals surface area contributed by atoms with Gasteiger partial charge in [-0.05, 0) is 72.9 Å².